The fraction of sp³-hybridized carbons (Fsp3) is 0.500. The van der Waals surface area contributed by atoms with E-state index in [9.17, 15) is 14.4 Å². The van der Waals surface area contributed by atoms with Crippen molar-refractivity contribution in [3.05, 3.63) is 0 Å². The number of hydrogen-bond acceptors (Lipinski definition) is 5. The van der Waals surface area contributed by atoms with E-state index in [0.29, 0.717) is 0 Å². The number of carboxylic acids is 3. The Morgan fingerprint density at radius 2 is 1.40 bits per heavy atom. The van der Waals surface area contributed by atoms with Crippen LogP contribution in [0.25, 0.3) is 0 Å². The van der Waals surface area contributed by atoms with Crippen LogP contribution in [0.5, 0.6) is 0 Å². The number of aliphatic carboxylic acids is 3. The molecule has 0 aliphatic heterocycles. The Balaban J connectivity index is -0.000000208. The molecule has 8 nitrogen and oxygen atoms in total. The van der Waals surface area contributed by atoms with E-state index in [1.807, 2.05) is 0 Å². The number of carboxylic acid groups (broad SMARTS) is 3. The second kappa shape index (κ2) is 11.0. The molecule has 0 amide bonds. The van der Waals surface area contributed by atoms with E-state index >= 15 is 0 Å². The Labute approximate surface area is 96.6 Å². The summed E-state index contributed by atoms with van der Waals surface area (Å²) in [6, 6.07) is -1.29. The molecule has 0 spiro atoms. The van der Waals surface area contributed by atoms with E-state index in [-0.39, 0.29) is 24.5 Å². The summed E-state index contributed by atoms with van der Waals surface area (Å²) in [5.41, 5.74) is 9.41. The minimum absolute atomic E-state index is 0. The van der Waals surface area contributed by atoms with Crippen LogP contribution in [0.2, 0.25) is 0 Å². The second-order valence-corrected chi connectivity index (χ2v) is 2.14. The van der Waals surface area contributed by atoms with Crippen LogP contribution in [0.15, 0.2) is 0 Å². The Hall–Kier alpha value is -1.11. The van der Waals surface area contributed by atoms with Gasteiger partial charge in [-0.15, -0.1) is 0 Å². The molecule has 0 aromatic carbocycles. The molecule has 0 aliphatic rings. The van der Waals surface area contributed by atoms with E-state index in [1.165, 1.54) is 0 Å². The molecule has 2 atom stereocenters. The summed E-state index contributed by atoms with van der Waals surface area (Å²) in [4.78, 5) is 28.9. The van der Waals surface area contributed by atoms with E-state index in [2.05, 4.69) is 5.73 Å². The summed E-state index contributed by atoms with van der Waals surface area (Å²) in [6.45, 7) is -0.278. The Morgan fingerprint density at radius 1 is 1.07 bits per heavy atom. The van der Waals surface area contributed by atoms with Crippen LogP contribution in [0, 0.1) is 0 Å². The van der Waals surface area contributed by atoms with Gasteiger partial charge in [0.15, 0.2) is 0 Å². The average molecular weight is 286 g/mol. The van der Waals surface area contributed by atoms with Crippen LogP contribution in [0.1, 0.15) is 6.42 Å². The SMILES string of the molecule is NCC(=O)O.N[C@@H](CC(=O)O)C(=O)O.[AsH3]. The molecule has 0 aromatic heterocycles. The molecule has 0 fully saturated rings. The first kappa shape index (κ1) is 19.5. The molecule has 0 bridgehead atoms. The van der Waals surface area contributed by atoms with Crippen LogP contribution in [0.3, 0.4) is 0 Å². The number of hydrogen-bond donors (Lipinski definition) is 5. The summed E-state index contributed by atoms with van der Waals surface area (Å²) in [5.74, 6) is -3.47. The van der Waals surface area contributed by atoms with Gasteiger partial charge in [-0.1, -0.05) is 0 Å². The van der Waals surface area contributed by atoms with Crippen LogP contribution >= 0.6 is 0 Å². The van der Waals surface area contributed by atoms with Crippen molar-refractivity contribution < 1.29 is 29.7 Å². The van der Waals surface area contributed by atoms with Gasteiger partial charge in [0, 0.05) is 0 Å². The van der Waals surface area contributed by atoms with Crippen molar-refractivity contribution in [2.45, 2.75) is 12.5 Å². The predicted molar refractivity (Wildman–Crippen MR) is 54.5 cm³/mol. The molecule has 0 rings (SSSR count). The molecule has 0 radical (unpaired) electrons. The molecule has 0 saturated heterocycles. The van der Waals surface area contributed by atoms with Crippen molar-refractivity contribution in [3.8, 4) is 0 Å². The molecule has 0 heterocycles. The topological polar surface area (TPSA) is 164 Å². The monoisotopic (exact) mass is 286 g/mol. The first-order valence-corrected chi connectivity index (χ1v) is 3.43. The molecule has 9 heteroatoms. The van der Waals surface area contributed by atoms with Gasteiger partial charge in [0.05, 0.1) is 13.0 Å². The van der Waals surface area contributed by atoms with Gasteiger partial charge in [-0.05, 0) is 0 Å². The maximum absolute atomic E-state index is 9.85. The van der Waals surface area contributed by atoms with Crippen LogP contribution in [-0.2, 0) is 14.4 Å². The first-order valence-electron chi connectivity index (χ1n) is 3.43. The molecule has 0 aromatic rings. The summed E-state index contributed by atoms with van der Waals surface area (Å²) < 4.78 is 0. The first-order chi connectivity index (χ1) is 6.31. The number of nitrogens with two attached hydrogens (primary N) is 2. The van der Waals surface area contributed by atoms with E-state index in [0.717, 1.165) is 0 Å². The van der Waals surface area contributed by atoms with Gasteiger partial charge in [0.1, 0.15) is 6.04 Å². The molecule has 15 heavy (non-hydrogen) atoms. The molecule has 1 unspecified atom stereocenters. The van der Waals surface area contributed by atoms with E-state index in [4.69, 9.17) is 21.1 Å². The van der Waals surface area contributed by atoms with Crippen LogP contribution < -0.4 is 11.5 Å². The van der Waals surface area contributed by atoms with E-state index in [1.54, 1.807) is 0 Å². The zero-order chi connectivity index (χ0) is 11.7. The Bertz CT molecular complexity index is 222. The Kier molecular flexibility index (Phi) is 14.2. The third-order valence-electron chi connectivity index (χ3n) is 0.886. The maximum atomic E-state index is 9.85. The van der Waals surface area contributed by atoms with E-state index < -0.39 is 30.4 Å². The van der Waals surface area contributed by atoms with Crippen molar-refractivity contribution in [2.75, 3.05) is 6.54 Å². The van der Waals surface area contributed by atoms with Gasteiger partial charge < -0.3 is 26.8 Å². The van der Waals surface area contributed by atoms with Crippen molar-refractivity contribution in [1.29, 1.82) is 0 Å². The zero-order valence-electron chi connectivity index (χ0n) is 7.92. The summed E-state index contributed by atoms with van der Waals surface area (Å²) in [7, 11) is 0. The zero-order valence-corrected chi connectivity index (χ0v) is 10.9. The third-order valence-corrected chi connectivity index (χ3v) is 0.886. The van der Waals surface area contributed by atoms with Gasteiger partial charge >= 0.3 is 35.9 Å². The summed E-state index contributed by atoms with van der Waals surface area (Å²) in [6.07, 6.45) is -0.532. The number of carbonyl (C=O) groups is 3. The minimum atomic E-state index is -1.29. The molecule has 0 saturated carbocycles. The van der Waals surface area contributed by atoms with Crippen molar-refractivity contribution >= 4 is 35.9 Å². The second-order valence-electron chi connectivity index (χ2n) is 2.14. The van der Waals surface area contributed by atoms with Gasteiger partial charge in [0.25, 0.3) is 0 Å². The molecule has 90 valence electrons. The average Bonchev–Trinajstić information content (AvgIpc) is 2.04. The molecule has 7 N–H and O–H groups in total. The van der Waals surface area contributed by atoms with Gasteiger partial charge in [-0.3, -0.25) is 14.4 Å². The summed E-state index contributed by atoms with van der Waals surface area (Å²) in [5, 5.41) is 23.6. The van der Waals surface area contributed by atoms with Gasteiger partial charge in [-0.2, -0.15) is 0 Å². The van der Waals surface area contributed by atoms with Crippen molar-refractivity contribution in [1.82, 2.24) is 0 Å². The quantitative estimate of drug-likeness (QED) is 0.336. The Morgan fingerprint density at radius 3 is 1.47 bits per heavy atom. The van der Waals surface area contributed by atoms with Crippen molar-refractivity contribution in [2.24, 2.45) is 11.5 Å². The molecular weight excluding hydrogens is 271 g/mol. The van der Waals surface area contributed by atoms with Crippen molar-refractivity contribution in [3.63, 3.8) is 0 Å². The third kappa shape index (κ3) is 19.3. The fourth-order valence-corrected chi connectivity index (χ4v) is 0.275. The van der Waals surface area contributed by atoms with Crippen LogP contribution in [-0.4, -0.2) is 63.8 Å². The predicted octanol–water partition coefficient (Wildman–Crippen LogP) is -3.28. The molecular formula is C6H15AsN2O6. The standard InChI is InChI=1S/C4H7NO4.C2H5NO2.AsH3/c5-2(4(8)9)1-3(6)7;3-1-2(4)5;/h2H,1,5H2,(H,6,7)(H,8,9);1,3H2,(H,4,5);1H3/t2-;;/m0../s1. The van der Waals surface area contributed by atoms with Gasteiger partial charge in [-0.25, -0.2) is 0 Å². The normalized spacial score (nSPS) is 10.0. The fourth-order valence-electron chi connectivity index (χ4n) is 0.275. The number of rotatable bonds is 4. The van der Waals surface area contributed by atoms with Gasteiger partial charge in [0.2, 0.25) is 0 Å². The summed E-state index contributed by atoms with van der Waals surface area (Å²) >= 11 is 0. The van der Waals surface area contributed by atoms with Crippen LogP contribution in [0.4, 0.5) is 0 Å². The molecule has 0 aliphatic carbocycles.